The van der Waals surface area contributed by atoms with Crippen LogP contribution in [0.5, 0.6) is 5.75 Å². The van der Waals surface area contributed by atoms with E-state index >= 15 is 0 Å². The number of carbonyl (C=O) groups is 1. The molecule has 0 spiro atoms. The first-order valence-corrected chi connectivity index (χ1v) is 10.8. The minimum absolute atomic E-state index is 0.0798. The van der Waals surface area contributed by atoms with Gasteiger partial charge in [-0.1, -0.05) is 26.8 Å². The number of nitrogens with zero attached hydrogens (tertiary/aromatic N) is 3. The SMILES string of the molecule is COc1ccc(CSCC(=O)Nc2cc(C(C)(C)C)nn2C(C)(C)C)cc1[N+](=O)[O-]. The van der Waals surface area contributed by atoms with Crippen molar-refractivity contribution in [2.45, 2.75) is 58.2 Å². The van der Waals surface area contributed by atoms with Crippen molar-refractivity contribution in [1.29, 1.82) is 0 Å². The van der Waals surface area contributed by atoms with Crippen LogP contribution in [0.1, 0.15) is 52.8 Å². The van der Waals surface area contributed by atoms with Crippen LogP contribution in [-0.4, -0.2) is 33.5 Å². The number of benzene rings is 1. The molecule has 1 aromatic heterocycles. The first-order chi connectivity index (χ1) is 13.8. The summed E-state index contributed by atoms with van der Waals surface area (Å²) in [6.07, 6.45) is 0. The summed E-state index contributed by atoms with van der Waals surface area (Å²) in [4.78, 5) is 23.2. The van der Waals surface area contributed by atoms with E-state index in [0.29, 0.717) is 11.6 Å². The van der Waals surface area contributed by atoms with E-state index in [1.807, 2.05) is 31.5 Å². The third-order valence-electron chi connectivity index (χ3n) is 4.32. The Morgan fingerprint density at radius 1 is 1.23 bits per heavy atom. The fourth-order valence-corrected chi connectivity index (χ4v) is 3.53. The number of nitro groups is 1. The van der Waals surface area contributed by atoms with Crippen molar-refractivity contribution in [3.63, 3.8) is 0 Å². The zero-order valence-corrected chi connectivity index (χ0v) is 19.4. The first-order valence-electron chi connectivity index (χ1n) is 9.63. The Bertz CT molecular complexity index is 926. The van der Waals surface area contributed by atoms with Gasteiger partial charge in [-0.05, 0) is 32.4 Å². The molecule has 164 valence electrons. The van der Waals surface area contributed by atoms with Crippen LogP contribution >= 0.6 is 11.8 Å². The Balaban J connectivity index is 2.04. The van der Waals surface area contributed by atoms with Gasteiger partial charge in [-0.2, -0.15) is 5.10 Å². The zero-order valence-electron chi connectivity index (χ0n) is 18.6. The van der Waals surface area contributed by atoms with Gasteiger partial charge >= 0.3 is 5.69 Å². The number of carbonyl (C=O) groups excluding carboxylic acids is 1. The number of amides is 1. The molecule has 0 unspecified atom stereocenters. The number of ether oxygens (including phenoxy) is 1. The highest BCUT2D eigenvalue weighted by Gasteiger charge is 2.25. The van der Waals surface area contributed by atoms with Gasteiger partial charge in [0.05, 0.1) is 29.0 Å². The van der Waals surface area contributed by atoms with E-state index in [0.717, 1.165) is 11.3 Å². The molecule has 0 aliphatic carbocycles. The molecule has 1 amide bonds. The number of thioether (sulfide) groups is 1. The van der Waals surface area contributed by atoms with Crippen molar-refractivity contribution in [2.75, 3.05) is 18.2 Å². The van der Waals surface area contributed by atoms with Gasteiger partial charge in [-0.3, -0.25) is 14.9 Å². The average molecular weight is 435 g/mol. The van der Waals surface area contributed by atoms with Gasteiger partial charge in [0.2, 0.25) is 5.91 Å². The molecule has 1 heterocycles. The van der Waals surface area contributed by atoms with Crippen LogP contribution in [0, 0.1) is 10.1 Å². The number of nitrogens with one attached hydrogen (secondary N) is 1. The maximum Gasteiger partial charge on any atom is 0.311 e. The molecule has 0 radical (unpaired) electrons. The zero-order chi connectivity index (χ0) is 22.7. The molecule has 0 aliphatic heterocycles. The Hall–Kier alpha value is -2.55. The highest BCUT2D eigenvalue weighted by Crippen LogP contribution is 2.30. The van der Waals surface area contributed by atoms with Gasteiger partial charge in [-0.25, -0.2) is 4.68 Å². The van der Waals surface area contributed by atoms with E-state index in [9.17, 15) is 14.9 Å². The molecule has 0 atom stereocenters. The quantitative estimate of drug-likeness (QED) is 0.500. The van der Waals surface area contributed by atoms with Crippen LogP contribution in [0.15, 0.2) is 24.3 Å². The summed E-state index contributed by atoms with van der Waals surface area (Å²) < 4.78 is 6.85. The molecule has 0 aliphatic rings. The summed E-state index contributed by atoms with van der Waals surface area (Å²) in [6.45, 7) is 12.3. The van der Waals surface area contributed by atoms with E-state index in [4.69, 9.17) is 9.84 Å². The van der Waals surface area contributed by atoms with Gasteiger partial charge in [0.25, 0.3) is 0 Å². The maximum absolute atomic E-state index is 12.5. The third-order valence-corrected chi connectivity index (χ3v) is 5.33. The minimum Gasteiger partial charge on any atom is -0.490 e. The second-order valence-corrected chi connectivity index (χ2v) is 10.0. The monoisotopic (exact) mass is 434 g/mol. The van der Waals surface area contributed by atoms with Gasteiger partial charge in [0.15, 0.2) is 5.75 Å². The largest absolute Gasteiger partial charge is 0.490 e. The Labute approximate surface area is 181 Å². The molecule has 1 N–H and O–H groups in total. The molecule has 0 fully saturated rings. The predicted octanol–water partition coefficient (Wildman–Crippen LogP) is 4.72. The molecule has 0 bridgehead atoms. The van der Waals surface area contributed by atoms with Gasteiger partial charge < -0.3 is 10.1 Å². The molecule has 30 heavy (non-hydrogen) atoms. The van der Waals surface area contributed by atoms with Crippen LogP contribution in [0.3, 0.4) is 0 Å². The molecule has 0 saturated heterocycles. The Morgan fingerprint density at radius 2 is 1.90 bits per heavy atom. The summed E-state index contributed by atoms with van der Waals surface area (Å²) in [7, 11) is 1.40. The second-order valence-electron chi connectivity index (χ2n) is 9.05. The molecule has 1 aromatic carbocycles. The van der Waals surface area contributed by atoms with Gasteiger partial charge in [-0.15, -0.1) is 11.8 Å². The van der Waals surface area contributed by atoms with E-state index in [1.165, 1.54) is 24.9 Å². The summed E-state index contributed by atoms with van der Waals surface area (Å²) in [5.74, 6) is 1.44. The lowest BCUT2D eigenvalue weighted by molar-refractivity contribution is -0.385. The number of hydrogen-bond donors (Lipinski definition) is 1. The van der Waals surface area contributed by atoms with Gasteiger partial charge in [0, 0.05) is 23.3 Å². The Kier molecular flexibility index (Phi) is 7.18. The van der Waals surface area contributed by atoms with E-state index in [2.05, 4.69) is 26.1 Å². The normalized spacial score (nSPS) is 12.0. The number of nitro benzene ring substituents is 1. The number of anilines is 1. The number of methoxy groups -OCH3 is 1. The highest BCUT2D eigenvalue weighted by atomic mass is 32.2. The minimum atomic E-state index is -0.472. The molecule has 2 rings (SSSR count). The highest BCUT2D eigenvalue weighted by molar-refractivity contribution is 7.99. The van der Waals surface area contributed by atoms with Crippen LogP contribution in [0.25, 0.3) is 0 Å². The molecular weight excluding hydrogens is 404 g/mol. The van der Waals surface area contributed by atoms with Crippen molar-refractivity contribution in [3.05, 3.63) is 45.6 Å². The lowest BCUT2D eigenvalue weighted by Crippen LogP contribution is -2.27. The van der Waals surface area contributed by atoms with E-state index < -0.39 is 4.92 Å². The standard InChI is InChI=1S/C21H30N4O4S/c1-20(2,3)17-11-18(24(23-17)21(4,5)6)22-19(26)13-30-12-14-8-9-16(29-7)15(10-14)25(27)28/h8-11H,12-13H2,1-7H3,(H,22,26). The maximum atomic E-state index is 12.5. The lowest BCUT2D eigenvalue weighted by Gasteiger charge is -2.23. The van der Waals surface area contributed by atoms with Crippen molar-refractivity contribution in [2.24, 2.45) is 0 Å². The third kappa shape index (κ3) is 5.98. The van der Waals surface area contributed by atoms with Crippen LogP contribution < -0.4 is 10.1 Å². The summed E-state index contributed by atoms with van der Waals surface area (Å²) >= 11 is 1.39. The van der Waals surface area contributed by atoms with Crippen LogP contribution in [0.4, 0.5) is 11.5 Å². The molecular formula is C21H30N4O4S. The van der Waals surface area contributed by atoms with E-state index in [1.54, 1.807) is 12.1 Å². The smallest absolute Gasteiger partial charge is 0.311 e. The molecule has 8 nitrogen and oxygen atoms in total. The first kappa shape index (κ1) is 23.7. The van der Waals surface area contributed by atoms with Crippen LogP contribution in [0.2, 0.25) is 0 Å². The van der Waals surface area contributed by atoms with Crippen molar-refractivity contribution in [3.8, 4) is 5.75 Å². The number of hydrogen-bond acceptors (Lipinski definition) is 6. The Morgan fingerprint density at radius 3 is 2.43 bits per heavy atom. The number of rotatable bonds is 7. The molecule has 9 heteroatoms. The molecule has 0 saturated carbocycles. The lowest BCUT2D eigenvalue weighted by atomic mass is 9.92. The number of aromatic nitrogens is 2. The predicted molar refractivity (Wildman–Crippen MR) is 120 cm³/mol. The summed E-state index contributed by atoms with van der Waals surface area (Å²) in [6, 6.07) is 6.74. The molecule has 2 aromatic rings. The second kappa shape index (κ2) is 9.07. The topological polar surface area (TPSA) is 99.3 Å². The van der Waals surface area contributed by atoms with Crippen molar-refractivity contribution in [1.82, 2.24) is 9.78 Å². The average Bonchev–Trinajstić information content (AvgIpc) is 3.06. The summed E-state index contributed by atoms with van der Waals surface area (Å²) in [5.41, 5.74) is 1.18. The van der Waals surface area contributed by atoms with Crippen molar-refractivity contribution < 1.29 is 14.5 Å². The fourth-order valence-electron chi connectivity index (χ4n) is 2.76. The van der Waals surface area contributed by atoms with Gasteiger partial charge in [0.1, 0.15) is 5.82 Å². The van der Waals surface area contributed by atoms with Crippen LogP contribution in [-0.2, 0) is 21.5 Å². The van der Waals surface area contributed by atoms with E-state index in [-0.39, 0.29) is 34.1 Å². The fraction of sp³-hybridized carbons (Fsp3) is 0.524. The summed E-state index contributed by atoms with van der Waals surface area (Å²) in [5, 5.41) is 18.8. The van der Waals surface area contributed by atoms with Crippen molar-refractivity contribution >= 4 is 29.2 Å².